The standard InChI is InChI=1S/C17H11NO9/c19-13(7-1-2-11(16(24)25)12(6-7)17(26)27)18-10-4-8(14(20)21)3-9(5-10)15(22)23/h1-6H,(H,18,19)(H,20,21)(H,22,23)(H,24,25)(H,26,27). The molecule has 10 nitrogen and oxygen atoms in total. The minimum atomic E-state index is -1.55. The van der Waals surface area contributed by atoms with E-state index in [4.69, 9.17) is 20.4 Å². The third-order valence-corrected chi connectivity index (χ3v) is 3.43. The number of carboxylic acid groups (broad SMARTS) is 4. The molecule has 1 amide bonds. The molecule has 0 bridgehead atoms. The lowest BCUT2D eigenvalue weighted by Gasteiger charge is -2.09. The number of hydrogen-bond donors (Lipinski definition) is 5. The number of carbonyl (C=O) groups is 5. The molecule has 2 aromatic rings. The Morgan fingerprint density at radius 1 is 0.593 bits per heavy atom. The van der Waals surface area contributed by atoms with Crippen LogP contribution in [0.25, 0.3) is 0 Å². The van der Waals surface area contributed by atoms with E-state index in [2.05, 4.69) is 5.32 Å². The van der Waals surface area contributed by atoms with E-state index in [9.17, 15) is 24.0 Å². The van der Waals surface area contributed by atoms with E-state index >= 15 is 0 Å². The largest absolute Gasteiger partial charge is 0.478 e. The summed E-state index contributed by atoms with van der Waals surface area (Å²) in [6.07, 6.45) is 0. The number of benzene rings is 2. The Bertz CT molecular complexity index is 962. The number of aromatic carboxylic acids is 4. The number of nitrogens with one attached hydrogen (secondary N) is 1. The summed E-state index contributed by atoms with van der Waals surface area (Å²) < 4.78 is 0. The van der Waals surface area contributed by atoms with Crippen molar-refractivity contribution in [1.29, 1.82) is 0 Å². The van der Waals surface area contributed by atoms with Gasteiger partial charge >= 0.3 is 23.9 Å². The van der Waals surface area contributed by atoms with Crippen molar-refractivity contribution >= 4 is 35.5 Å². The average molecular weight is 373 g/mol. The van der Waals surface area contributed by atoms with Crippen LogP contribution in [0.3, 0.4) is 0 Å². The van der Waals surface area contributed by atoms with Crippen molar-refractivity contribution in [2.45, 2.75) is 0 Å². The Balaban J connectivity index is 2.41. The van der Waals surface area contributed by atoms with Crippen LogP contribution in [0.1, 0.15) is 51.8 Å². The van der Waals surface area contributed by atoms with Gasteiger partial charge in [-0.25, -0.2) is 19.2 Å². The van der Waals surface area contributed by atoms with Crippen LogP contribution in [0.15, 0.2) is 36.4 Å². The van der Waals surface area contributed by atoms with Gasteiger partial charge in [0.15, 0.2) is 0 Å². The van der Waals surface area contributed by atoms with Crippen LogP contribution in [0.4, 0.5) is 5.69 Å². The highest BCUT2D eigenvalue weighted by atomic mass is 16.4. The van der Waals surface area contributed by atoms with Gasteiger partial charge in [-0.1, -0.05) is 0 Å². The Morgan fingerprint density at radius 2 is 1.11 bits per heavy atom. The fourth-order valence-corrected chi connectivity index (χ4v) is 2.20. The minimum Gasteiger partial charge on any atom is -0.478 e. The number of rotatable bonds is 6. The second-order valence-corrected chi connectivity index (χ2v) is 5.23. The Hall–Kier alpha value is -4.21. The molecule has 10 heteroatoms. The van der Waals surface area contributed by atoms with Gasteiger partial charge in [-0.15, -0.1) is 0 Å². The molecule has 0 aliphatic carbocycles. The highest BCUT2D eigenvalue weighted by molar-refractivity contribution is 6.09. The van der Waals surface area contributed by atoms with Crippen molar-refractivity contribution in [3.8, 4) is 0 Å². The summed E-state index contributed by atoms with van der Waals surface area (Å²) in [4.78, 5) is 56.6. The zero-order chi connectivity index (χ0) is 20.3. The predicted molar refractivity (Wildman–Crippen MR) is 88.7 cm³/mol. The Kier molecular flexibility index (Phi) is 5.21. The topological polar surface area (TPSA) is 178 Å². The van der Waals surface area contributed by atoms with Crippen molar-refractivity contribution < 1.29 is 44.4 Å². The number of carboxylic acids is 4. The highest BCUT2D eigenvalue weighted by Gasteiger charge is 2.19. The van der Waals surface area contributed by atoms with Crippen LogP contribution >= 0.6 is 0 Å². The maximum atomic E-state index is 12.3. The molecule has 0 spiro atoms. The molecular weight excluding hydrogens is 362 g/mol. The summed E-state index contributed by atoms with van der Waals surface area (Å²) in [6, 6.07) is 5.82. The first kappa shape index (κ1) is 19.1. The third kappa shape index (κ3) is 4.25. The average Bonchev–Trinajstić information content (AvgIpc) is 2.60. The van der Waals surface area contributed by atoms with Crippen LogP contribution in [0.2, 0.25) is 0 Å². The lowest BCUT2D eigenvalue weighted by Crippen LogP contribution is -2.16. The van der Waals surface area contributed by atoms with E-state index in [0.717, 1.165) is 36.4 Å². The van der Waals surface area contributed by atoms with Gasteiger partial charge in [0.2, 0.25) is 0 Å². The molecule has 27 heavy (non-hydrogen) atoms. The minimum absolute atomic E-state index is 0.142. The van der Waals surface area contributed by atoms with Crippen LogP contribution < -0.4 is 5.32 Å². The number of hydrogen-bond acceptors (Lipinski definition) is 5. The van der Waals surface area contributed by atoms with E-state index in [-0.39, 0.29) is 22.4 Å². The summed E-state index contributed by atoms with van der Waals surface area (Å²) in [7, 11) is 0. The lowest BCUT2D eigenvalue weighted by molar-refractivity contribution is 0.0651. The zero-order valence-corrected chi connectivity index (χ0v) is 13.3. The molecule has 0 atom stereocenters. The molecule has 0 unspecified atom stereocenters. The number of anilines is 1. The van der Waals surface area contributed by atoms with Gasteiger partial charge in [0.25, 0.3) is 5.91 Å². The molecule has 0 aliphatic rings. The quantitative estimate of drug-likeness (QED) is 0.504. The monoisotopic (exact) mass is 373 g/mol. The summed E-state index contributed by atoms with van der Waals surface area (Å²) >= 11 is 0. The first-order chi connectivity index (χ1) is 12.6. The van der Waals surface area contributed by atoms with Gasteiger partial charge < -0.3 is 25.7 Å². The smallest absolute Gasteiger partial charge is 0.336 e. The molecule has 0 aliphatic heterocycles. The zero-order valence-electron chi connectivity index (χ0n) is 13.3. The molecule has 2 rings (SSSR count). The van der Waals surface area contributed by atoms with E-state index in [0.29, 0.717) is 0 Å². The fraction of sp³-hybridized carbons (Fsp3) is 0. The van der Waals surface area contributed by atoms with Gasteiger partial charge in [-0.3, -0.25) is 4.79 Å². The summed E-state index contributed by atoms with van der Waals surface area (Å²) in [6.45, 7) is 0. The van der Waals surface area contributed by atoms with Gasteiger partial charge in [0, 0.05) is 11.3 Å². The van der Waals surface area contributed by atoms with Gasteiger partial charge in [0.1, 0.15) is 0 Å². The van der Waals surface area contributed by atoms with Crippen molar-refractivity contribution in [1.82, 2.24) is 0 Å². The first-order valence-electron chi connectivity index (χ1n) is 7.14. The molecule has 0 fully saturated rings. The second kappa shape index (κ2) is 7.35. The van der Waals surface area contributed by atoms with E-state index in [1.807, 2.05) is 0 Å². The number of amides is 1. The van der Waals surface area contributed by atoms with E-state index in [1.165, 1.54) is 0 Å². The van der Waals surface area contributed by atoms with E-state index < -0.39 is 40.9 Å². The molecule has 0 aromatic heterocycles. The summed E-state index contributed by atoms with van der Waals surface area (Å²) in [5.74, 6) is -6.74. The SMILES string of the molecule is O=C(O)c1cc(NC(=O)c2ccc(C(=O)O)c(C(=O)O)c2)cc(C(=O)O)c1. The Morgan fingerprint density at radius 3 is 1.56 bits per heavy atom. The van der Waals surface area contributed by atoms with Gasteiger partial charge in [-0.05, 0) is 36.4 Å². The number of carbonyl (C=O) groups excluding carboxylic acids is 1. The van der Waals surface area contributed by atoms with E-state index in [1.54, 1.807) is 0 Å². The molecule has 0 radical (unpaired) electrons. The highest BCUT2D eigenvalue weighted by Crippen LogP contribution is 2.18. The van der Waals surface area contributed by atoms with Crippen molar-refractivity contribution in [2.75, 3.05) is 5.32 Å². The second-order valence-electron chi connectivity index (χ2n) is 5.23. The predicted octanol–water partition coefficient (Wildman–Crippen LogP) is 1.73. The molecule has 0 saturated heterocycles. The van der Waals surface area contributed by atoms with Crippen LogP contribution in [0.5, 0.6) is 0 Å². The fourth-order valence-electron chi connectivity index (χ4n) is 2.20. The Labute approximate surface area is 150 Å². The van der Waals surface area contributed by atoms with Crippen LogP contribution in [-0.4, -0.2) is 50.2 Å². The first-order valence-corrected chi connectivity index (χ1v) is 7.14. The maximum absolute atomic E-state index is 12.3. The summed E-state index contributed by atoms with van der Waals surface area (Å²) in [5.41, 5.74) is -2.23. The third-order valence-electron chi connectivity index (χ3n) is 3.43. The van der Waals surface area contributed by atoms with Crippen molar-refractivity contribution in [3.63, 3.8) is 0 Å². The molecule has 138 valence electrons. The van der Waals surface area contributed by atoms with Crippen molar-refractivity contribution in [3.05, 3.63) is 64.2 Å². The maximum Gasteiger partial charge on any atom is 0.336 e. The normalized spacial score (nSPS) is 10.1. The molecular formula is C17H11NO9. The van der Waals surface area contributed by atoms with Gasteiger partial charge in [0.05, 0.1) is 22.3 Å². The molecule has 5 N–H and O–H groups in total. The lowest BCUT2D eigenvalue weighted by atomic mass is 10.0. The molecule has 0 heterocycles. The molecule has 0 saturated carbocycles. The van der Waals surface area contributed by atoms with Crippen LogP contribution in [0, 0.1) is 0 Å². The molecule has 2 aromatic carbocycles. The van der Waals surface area contributed by atoms with Crippen LogP contribution in [-0.2, 0) is 0 Å². The van der Waals surface area contributed by atoms with Gasteiger partial charge in [-0.2, -0.15) is 0 Å². The van der Waals surface area contributed by atoms with Crippen molar-refractivity contribution in [2.24, 2.45) is 0 Å². The summed E-state index contributed by atoms with van der Waals surface area (Å²) in [5, 5.41) is 38.3.